The third kappa shape index (κ3) is 3.34. The van der Waals surface area contributed by atoms with Gasteiger partial charge in [-0.1, -0.05) is 48.5 Å². The van der Waals surface area contributed by atoms with E-state index in [0.29, 0.717) is 6.42 Å². The zero-order valence-electron chi connectivity index (χ0n) is 9.71. The lowest BCUT2D eigenvalue weighted by atomic mass is 10.0. The van der Waals surface area contributed by atoms with Crippen molar-refractivity contribution in [2.45, 2.75) is 17.7 Å². The van der Waals surface area contributed by atoms with E-state index in [1.165, 1.54) is 5.56 Å². The fourth-order valence-corrected chi connectivity index (χ4v) is 3.05. The highest BCUT2D eigenvalue weighted by atomic mass is 35.7. The molecule has 2 nitrogen and oxygen atoms in total. The largest absolute Gasteiger partial charge is 0.261 e. The molecule has 0 aliphatic rings. The lowest BCUT2D eigenvalue weighted by Crippen LogP contribution is -1.99. The van der Waals surface area contributed by atoms with E-state index in [0.717, 1.165) is 12.0 Å². The molecule has 2 aromatic rings. The molecule has 0 heterocycles. The Labute approximate surface area is 112 Å². The molecule has 0 bridgehead atoms. The van der Waals surface area contributed by atoms with Crippen molar-refractivity contribution in [3.8, 4) is 0 Å². The third-order valence-corrected chi connectivity index (χ3v) is 4.18. The summed E-state index contributed by atoms with van der Waals surface area (Å²) in [6.07, 6.45) is 1.45. The second kappa shape index (κ2) is 5.55. The van der Waals surface area contributed by atoms with Gasteiger partial charge < -0.3 is 0 Å². The van der Waals surface area contributed by atoms with Crippen molar-refractivity contribution in [2.75, 3.05) is 0 Å². The standard InChI is InChI=1S/C14H13ClO2S/c15-18(16,17)14-9-5-4-8-13(14)11-10-12-6-2-1-3-7-12/h1-9H,10-11H2. The fraction of sp³-hybridized carbons (Fsp3) is 0.143. The maximum atomic E-state index is 11.4. The first-order valence-corrected chi connectivity index (χ1v) is 7.95. The van der Waals surface area contributed by atoms with Gasteiger partial charge in [-0.05, 0) is 30.0 Å². The Morgan fingerprint density at radius 1 is 0.833 bits per heavy atom. The summed E-state index contributed by atoms with van der Waals surface area (Å²) in [7, 11) is 1.75. The van der Waals surface area contributed by atoms with Crippen LogP contribution < -0.4 is 0 Å². The van der Waals surface area contributed by atoms with Crippen molar-refractivity contribution in [1.82, 2.24) is 0 Å². The summed E-state index contributed by atoms with van der Waals surface area (Å²) in [6, 6.07) is 16.8. The maximum Gasteiger partial charge on any atom is 0.261 e. The number of hydrogen-bond donors (Lipinski definition) is 0. The van der Waals surface area contributed by atoms with Crippen molar-refractivity contribution in [2.24, 2.45) is 0 Å². The number of benzene rings is 2. The highest BCUT2D eigenvalue weighted by Crippen LogP contribution is 2.21. The Hall–Kier alpha value is -1.32. The molecule has 0 aliphatic heterocycles. The van der Waals surface area contributed by atoms with Crippen molar-refractivity contribution < 1.29 is 8.42 Å². The van der Waals surface area contributed by atoms with Gasteiger partial charge in [-0.2, -0.15) is 0 Å². The summed E-state index contributed by atoms with van der Waals surface area (Å²) in [5.74, 6) is 0. The van der Waals surface area contributed by atoms with Crippen molar-refractivity contribution in [1.29, 1.82) is 0 Å². The van der Waals surface area contributed by atoms with E-state index in [2.05, 4.69) is 0 Å². The van der Waals surface area contributed by atoms with E-state index in [-0.39, 0.29) is 4.90 Å². The summed E-state index contributed by atoms with van der Waals surface area (Å²) in [5, 5.41) is 0. The van der Waals surface area contributed by atoms with E-state index in [1.807, 2.05) is 36.4 Å². The van der Waals surface area contributed by atoms with E-state index in [9.17, 15) is 8.42 Å². The zero-order chi connectivity index (χ0) is 13.0. The normalized spacial score (nSPS) is 11.4. The van der Waals surface area contributed by atoms with Crippen LogP contribution in [-0.4, -0.2) is 8.42 Å². The van der Waals surface area contributed by atoms with Crippen LogP contribution in [0.1, 0.15) is 11.1 Å². The van der Waals surface area contributed by atoms with Crippen molar-refractivity contribution in [3.63, 3.8) is 0 Å². The van der Waals surface area contributed by atoms with E-state index >= 15 is 0 Å². The molecule has 0 atom stereocenters. The molecule has 0 amide bonds. The van der Waals surface area contributed by atoms with Crippen molar-refractivity contribution >= 4 is 19.7 Å². The minimum absolute atomic E-state index is 0.211. The smallest absolute Gasteiger partial charge is 0.207 e. The number of hydrogen-bond acceptors (Lipinski definition) is 2. The van der Waals surface area contributed by atoms with Crippen LogP contribution in [0.5, 0.6) is 0 Å². The summed E-state index contributed by atoms with van der Waals surface area (Å²) < 4.78 is 22.9. The Morgan fingerprint density at radius 3 is 2.11 bits per heavy atom. The van der Waals surface area contributed by atoms with Gasteiger partial charge in [0.1, 0.15) is 0 Å². The fourth-order valence-electron chi connectivity index (χ4n) is 1.87. The Balaban J connectivity index is 2.20. The molecule has 2 rings (SSSR count). The average molecular weight is 281 g/mol. The number of aryl methyl sites for hydroxylation is 2. The molecule has 94 valence electrons. The van der Waals surface area contributed by atoms with Crippen LogP contribution in [0.25, 0.3) is 0 Å². The summed E-state index contributed by atoms with van der Waals surface area (Å²) in [4.78, 5) is 0.211. The Morgan fingerprint density at radius 2 is 1.44 bits per heavy atom. The molecule has 18 heavy (non-hydrogen) atoms. The van der Waals surface area contributed by atoms with Crippen LogP contribution in [0.3, 0.4) is 0 Å². The topological polar surface area (TPSA) is 34.1 Å². The van der Waals surface area contributed by atoms with Gasteiger partial charge in [-0.3, -0.25) is 0 Å². The highest BCUT2D eigenvalue weighted by molar-refractivity contribution is 8.13. The molecule has 0 N–H and O–H groups in total. The summed E-state index contributed by atoms with van der Waals surface area (Å²) in [5.41, 5.74) is 1.94. The van der Waals surface area contributed by atoms with Crippen LogP contribution in [0.2, 0.25) is 0 Å². The highest BCUT2D eigenvalue weighted by Gasteiger charge is 2.14. The third-order valence-electron chi connectivity index (χ3n) is 2.76. The van der Waals surface area contributed by atoms with Gasteiger partial charge in [0.2, 0.25) is 0 Å². The SMILES string of the molecule is O=S(=O)(Cl)c1ccccc1CCc1ccccc1. The van der Waals surface area contributed by atoms with Crippen LogP contribution >= 0.6 is 10.7 Å². The maximum absolute atomic E-state index is 11.4. The molecule has 0 fully saturated rings. The van der Waals surface area contributed by atoms with E-state index in [4.69, 9.17) is 10.7 Å². The molecule has 0 spiro atoms. The zero-order valence-corrected chi connectivity index (χ0v) is 11.3. The van der Waals surface area contributed by atoms with Crippen LogP contribution in [0.15, 0.2) is 59.5 Å². The predicted molar refractivity (Wildman–Crippen MR) is 73.3 cm³/mol. The molecular weight excluding hydrogens is 268 g/mol. The van der Waals surface area contributed by atoms with Crippen LogP contribution in [0.4, 0.5) is 0 Å². The average Bonchev–Trinajstić information content (AvgIpc) is 2.37. The second-order valence-corrected chi connectivity index (χ2v) is 6.57. The van der Waals surface area contributed by atoms with Crippen LogP contribution in [-0.2, 0) is 21.9 Å². The van der Waals surface area contributed by atoms with Crippen molar-refractivity contribution in [3.05, 3.63) is 65.7 Å². The molecule has 2 aromatic carbocycles. The lowest BCUT2D eigenvalue weighted by Gasteiger charge is -2.06. The molecule has 0 aromatic heterocycles. The number of halogens is 1. The first-order chi connectivity index (χ1) is 8.57. The molecular formula is C14H13ClO2S. The van der Waals surface area contributed by atoms with Gasteiger partial charge in [-0.15, -0.1) is 0 Å². The van der Waals surface area contributed by atoms with Gasteiger partial charge in [-0.25, -0.2) is 8.42 Å². The Kier molecular flexibility index (Phi) is 4.04. The minimum atomic E-state index is -3.67. The molecule has 0 saturated carbocycles. The minimum Gasteiger partial charge on any atom is -0.207 e. The predicted octanol–water partition coefficient (Wildman–Crippen LogP) is 3.40. The molecule has 0 saturated heterocycles. The second-order valence-electron chi connectivity index (χ2n) is 4.03. The molecule has 4 heteroatoms. The van der Waals surface area contributed by atoms with Gasteiger partial charge in [0, 0.05) is 10.7 Å². The Bertz CT molecular complexity index is 621. The van der Waals surface area contributed by atoms with Gasteiger partial charge in [0.05, 0.1) is 4.90 Å². The van der Waals surface area contributed by atoms with E-state index < -0.39 is 9.05 Å². The lowest BCUT2D eigenvalue weighted by molar-refractivity contribution is 0.608. The van der Waals surface area contributed by atoms with Gasteiger partial charge in [0.25, 0.3) is 9.05 Å². The first-order valence-electron chi connectivity index (χ1n) is 5.64. The van der Waals surface area contributed by atoms with E-state index in [1.54, 1.807) is 18.2 Å². The van der Waals surface area contributed by atoms with Crippen LogP contribution in [0, 0.1) is 0 Å². The first kappa shape index (κ1) is 13.1. The van der Waals surface area contributed by atoms with Gasteiger partial charge >= 0.3 is 0 Å². The monoisotopic (exact) mass is 280 g/mol. The molecule has 0 aliphatic carbocycles. The summed E-state index contributed by atoms with van der Waals surface area (Å²) in [6.45, 7) is 0. The number of rotatable bonds is 4. The summed E-state index contributed by atoms with van der Waals surface area (Å²) >= 11 is 0. The quantitative estimate of drug-likeness (QED) is 0.805. The van der Waals surface area contributed by atoms with Gasteiger partial charge in [0.15, 0.2) is 0 Å². The molecule has 0 unspecified atom stereocenters. The molecule has 0 radical (unpaired) electrons.